The average molecular weight is 530 g/mol. The van der Waals surface area contributed by atoms with Crippen molar-refractivity contribution in [3.63, 3.8) is 0 Å². The smallest absolute Gasteiger partial charge is 0.258 e. The predicted octanol–water partition coefficient (Wildman–Crippen LogP) is 4.87. The number of likely N-dealkylation sites (N-methyl/N-ethyl adjacent to an activating group) is 2. The monoisotopic (exact) mass is 529 g/mol. The highest BCUT2D eigenvalue weighted by Crippen LogP contribution is 2.38. The number of carbonyl (C=O) groups excluding carboxylic acids is 2. The highest BCUT2D eigenvalue weighted by atomic mass is 35.5. The summed E-state index contributed by atoms with van der Waals surface area (Å²) in [4.78, 5) is 32.3. The van der Waals surface area contributed by atoms with Crippen LogP contribution in [0.2, 0.25) is 5.02 Å². The third kappa shape index (κ3) is 5.75. The van der Waals surface area contributed by atoms with Crippen LogP contribution in [0.15, 0.2) is 72.8 Å². The Kier molecular flexibility index (Phi) is 7.79. The minimum Gasteiger partial charge on any atom is -0.354 e. The third-order valence-electron chi connectivity index (χ3n) is 7.11. The van der Waals surface area contributed by atoms with Crippen LogP contribution in [0.5, 0.6) is 0 Å². The van der Waals surface area contributed by atoms with Crippen molar-refractivity contribution in [2.24, 2.45) is 0 Å². The number of fused-ring (bicyclic) bond motifs is 1. The van der Waals surface area contributed by atoms with Gasteiger partial charge in [0.1, 0.15) is 0 Å². The molecule has 0 radical (unpaired) electrons. The zero-order chi connectivity index (χ0) is 26.6. The van der Waals surface area contributed by atoms with Crippen molar-refractivity contribution in [3.8, 4) is 0 Å². The van der Waals surface area contributed by atoms with Crippen LogP contribution in [0.1, 0.15) is 17.5 Å². The van der Waals surface area contributed by atoms with Crippen LogP contribution in [0.25, 0.3) is 11.3 Å². The standard InChI is InChI=1S/C30H32ClN5O2/c1-34-15-6-16-36(18-17-34)20-27(37)35(2)24-12-10-23(11-13-24)32-29(21-7-4-3-5-8-21)28-25-14-9-22(31)19-26(25)33-30(28)38/h3-5,7-14,19,32H,6,15-18,20H2,1-2H3,(H,33,38)/b29-28-. The van der Waals surface area contributed by atoms with Gasteiger partial charge in [-0.2, -0.15) is 0 Å². The summed E-state index contributed by atoms with van der Waals surface area (Å²) in [6, 6.07) is 22.9. The molecule has 0 bridgehead atoms. The van der Waals surface area contributed by atoms with E-state index in [4.69, 9.17) is 11.6 Å². The second-order valence-electron chi connectivity index (χ2n) is 9.82. The molecule has 0 unspecified atom stereocenters. The summed E-state index contributed by atoms with van der Waals surface area (Å²) in [7, 11) is 3.94. The lowest BCUT2D eigenvalue weighted by atomic mass is 10.00. The van der Waals surface area contributed by atoms with Gasteiger partial charge >= 0.3 is 0 Å². The molecule has 0 aromatic heterocycles. The van der Waals surface area contributed by atoms with E-state index in [0.717, 1.165) is 55.1 Å². The molecule has 3 aromatic rings. The number of halogens is 1. The maximum atomic E-state index is 13.1. The molecule has 1 saturated heterocycles. The Hall–Kier alpha value is -3.65. The van der Waals surface area contributed by atoms with E-state index in [-0.39, 0.29) is 11.8 Å². The summed E-state index contributed by atoms with van der Waals surface area (Å²) < 4.78 is 0. The first-order chi connectivity index (χ1) is 18.4. The number of rotatable bonds is 6. The maximum absolute atomic E-state index is 13.1. The quantitative estimate of drug-likeness (QED) is 0.446. The van der Waals surface area contributed by atoms with Gasteiger partial charge in [0.25, 0.3) is 5.91 Å². The Morgan fingerprint density at radius 1 is 1.00 bits per heavy atom. The Bertz CT molecular complexity index is 1360. The fourth-order valence-corrected chi connectivity index (χ4v) is 5.06. The zero-order valence-corrected chi connectivity index (χ0v) is 22.5. The molecule has 2 aliphatic rings. The van der Waals surface area contributed by atoms with Gasteiger partial charge in [-0.05, 0) is 68.5 Å². The first-order valence-corrected chi connectivity index (χ1v) is 13.2. The van der Waals surface area contributed by atoms with Gasteiger partial charge in [0, 0.05) is 42.1 Å². The van der Waals surface area contributed by atoms with E-state index in [0.29, 0.717) is 28.5 Å². The first-order valence-electron chi connectivity index (χ1n) is 12.8. The Labute approximate surface area is 228 Å². The van der Waals surface area contributed by atoms with E-state index >= 15 is 0 Å². The molecule has 3 aromatic carbocycles. The minimum atomic E-state index is -0.185. The lowest BCUT2D eigenvalue weighted by molar-refractivity contribution is -0.119. The molecule has 196 valence electrons. The van der Waals surface area contributed by atoms with Crippen LogP contribution >= 0.6 is 11.6 Å². The number of hydrogen-bond acceptors (Lipinski definition) is 5. The second-order valence-corrected chi connectivity index (χ2v) is 10.3. The normalized spacial score (nSPS) is 17.4. The van der Waals surface area contributed by atoms with Crippen LogP contribution in [0.3, 0.4) is 0 Å². The van der Waals surface area contributed by atoms with E-state index in [1.54, 1.807) is 17.0 Å². The number of carbonyl (C=O) groups is 2. The molecule has 2 aliphatic heterocycles. The van der Waals surface area contributed by atoms with Gasteiger partial charge in [-0.1, -0.05) is 48.0 Å². The molecule has 0 spiro atoms. The summed E-state index contributed by atoms with van der Waals surface area (Å²) in [5.74, 6) is -0.115. The van der Waals surface area contributed by atoms with Gasteiger partial charge in [-0.25, -0.2) is 0 Å². The number of hydrogen-bond donors (Lipinski definition) is 2. The molecule has 0 saturated carbocycles. The fourth-order valence-electron chi connectivity index (χ4n) is 4.89. The number of nitrogens with one attached hydrogen (secondary N) is 2. The molecule has 0 aliphatic carbocycles. The summed E-state index contributed by atoms with van der Waals surface area (Å²) >= 11 is 6.16. The summed E-state index contributed by atoms with van der Waals surface area (Å²) in [5, 5.41) is 6.96. The molecule has 0 atom stereocenters. The molecule has 2 amide bonds. The lowest BCUT2D eigenvalue weighted by Crippen LogP contribution is -2.40. The van der Waals surface area contributed by atoms with Gasteiger partial charge in [0.2, 0.25) is 5.91 Å². The first kappa shape index (κ1) is 26.0. The van der Waals surface area contributed by atoms with Crippen LogP contribution in [0.4, 0.5) is 17.1 Å². The van der Waals surface area contributed by atoms with Gasteiger partial charge in [0.15, 0.2) is 0 Å². The molecular weight excluding hydrogens is 498 g/mol. The number of amides is 2. The SMILES string of the molecule is CN1CCCN(CC(=O)N(C)c2ccc(N/C(=C3\C(=O)Nc4cc(Cl)ccc43)c3ccccc3)cc2)CC1. The van der Waals surface area contributed by atoms with Crippen molar-refractivity contribution >= 4 is 51.7 Å². The van der Waals surface area contributed by atoms with E-state index in [1.807, 2.05) is 67.7 Å². The molecular formula is C30H32ClN5O2. The second kappa shape index (κ2) is 11.4. The van der Waals surface area contributed by atoms with Crippen LogP contribution < -0.4 is 15.5 Å². The molecule has 2 N–H and O–H groups in total. The number of nitrogens with zero attached hydrogens (tertiary/aromatic N) is 3. The van der Waals surface area contributed by atoms with Crippen molar-refractivity contribution in [2.45, 2.75) is 6.42 Å². The van der Waals surface area contributed by atoms with Crippen molar-refractivity contribution in [3.05, 3.63) is 88.9 Å². The highest BCUT2D eigenvalue weighted by Gasteiger charge is 2.28. The van der Waals surface area contributed by atoms with Crippen molar-refractivity contribution < 1.29 is 9.59 Å². The number of benzene rings is 3. The highest BCUT2D eigenvalue weighted by molar-refractivity contribution is 6.38. The topological polar surface area (TPSA) is 67.9 Å². The summed E-state index contributed by atoms with van der Waals surface area (Å²) in [6.45, 7) is 4.29. The third-order valence-corrected chi connectivity index (χ3v) is 7.34. The average Bonchev–Trinajstić information content (AvgIpc) is 3.10. The predicted molar refractivity (Wildman–Crippen MR) is 155 cm³/mol. The molecule has 5 rings (SSSR count). The molecule has 7 nitrogen and oxygen atoms in total. The Morgan fingerprint density at radius 3 is 2.53 bits per heavy atom. The molecule has 8 heteroatoms. The van der Waals surface area contributed by atoms with Crippen molar-refractivity contribution in [1.29, 1.82) is 0 Å². The molecule has 1 fully saturated rings. The fraction of sp³-hybridized carbons (Fsp3) is 0.267. The van der Waals surface area contributed by atoms with Crippen molar-refractivity contribution in [1.82, 2.24) is 9.80 Å². The molecule has 38 heavy (non-hydrogen) atoms. The van der Waals surface area contributed by atoms with Gasteiger partial charge in [-0.15, -0.1) is 0 Å². The van der Waals surface area contributed by atoms with Crippen LogP contribution in [0, 0.1) is 0 Å². The zero-order valence-electron chi connectivity index (χ0n) is 21.7. The Balaban J connectivity index is 1.37. The van der Waals surface area contributed by atoms with E-state index in [1.165, 1.54) is 0 Å². The number of anilines is 3. The largest absolute Gasteiger partial charge is 0.354 e. The van der Waals surface area contributed by atoms with Gasteiger partial charge < -0.3 is 20.4 Å². The van der Waals surface area contributed by atoms with Gasteiger partial charge in [-0.3, -0.25) is 14.5 Å². The summed E-state index contributed by atoms with van der Waals surface area (Å²) in [6.07, 6.45) is 1.07. The van der Waals surface area contributed by atoms with E-state index in [2.05, 4.69) is 27.5 Å². The van der Waals surface area contributed by atoms with Crippen molar-refractivity contribution in [2.75, 3.05) is 62.4 Å². The molecule has 2 heterocycles. The minimum absolute atomic E-state index is 0.0697. The summed E-state index contributed by atoms with van der Waals surface area (Å²) in [5.41, 5.74) is 5.27. The maximum Gasteiger partial charge on any atom is 0.258 e. The Morgan fingerprint density at radius 2 is 1.76 bits per heavy atom. The lowest BCUT2D eigenvalue weighted by Gasteiger charge is -2.24. The van der Waals surface area contributed by atoms with E-state index < -0.39 is 0 Å². The van der Waals surface area contributed by atoms with E-state index in [9.17, 15) is 9.59 Å². The van der Waals surface area contributed by atoms with Crippen LogP contribution in [-0.2, 0) is 9.59 Å². The van der Waals surface area contributed by atoms with Gasteiger partial charge in [0.05, 0.1) is 23.5 Å². The van der Waals surface area contributed by atoms with Crippen LogP contribution in [-0.4, -0.2) is 68.4 Å².